The minimum Gasteiger partial charge on any atom is -0.118 e. The van der Waals surface area contributed by atoms with Crippen LogP contribution < -0.4 is 0 Å². The van der Waals surface area contributed by atoms with E-state index in [1.807, 2.05) is 0 Å². The van der Waals surface area contributed by atoms with E-state index in [2.05, 4.69) is 32.9 Å². The summed E-state index contributed by atoms with van der Waals surface area (Å²) in [5.41, 5.74) is 5.46. The topological polar surface area (TPSA) is 0 Å². The second kappa shape index (κ2) is 4.79. The molecule has 1 aromatic carbocycles. The second-order valence-corrected chi connectivity index (χ2v) is 5.73. The van der Waals surface area contributed by atoms with E-state index in [-0.39, 0.29) is 5.38 Å². The fourth-order valence-corrected chi connectivity index (χ4v) is 3.71. The first-order valence-electron chi connectivity index (χ1n) is 6.31. The Morgan fingerprint density at radius 3 is 2.06 bits per heavy atom. The lowest BCUT2D eigenvalue weighted by molar-refractivity contribution is 0.526. The van der Waals surface area contributed by atoms with Crippen LogP contribution >= 0.6 is 11.6 Å². The van der Waals surface area contributed by atoms with E-state index in [0.29, 0.717) is 5.92 Å². The minimum absolute atomic E-state index is 0.225. The normalized spacial score (nSPS) is 19.0. The van der Waals surface area contributed by atoms with Gasteiger partial charge in [0.2, 0.25) is 0 Å². The van der Waals surface area contributed by atoms with E-state index in [1.54, 1.807) is 0 Å². The lowest BCUT2D eigenvalue weighted by Crippen LogP contribution is -2.07. The Morgan fingerprint density at radius 2 is 1.56 bits per heavy atom. The first-order valence-corrected chi connectivity index (χ1v) is 6.75. The molecule has 1 aliphatic carbocycles. The molecule has 0 heterocycles. The predicted molar refractivity (Wildman–Crippen MR) is 71.2 cm³/mol. The molecule has 0 radical (unpaired) electrons. The Bertz CT molecular complexity index is 352. The standard InChI is InChI=1S/C15H21Cl/c1-10-8-11(2)14(12(3)9-10)15(16)13-6-4-5-7-13/h8-9,13,15H,4-7H2,1-3H3. The molecule has 1 aromatic rings. The zero-order valence-electron chi connectivity index (χ0n) is 10.5. The average Bonchev–Trinajstić information content (AvgIpc) is 2.67. The summed E-state index contributed by atoms with van der Waals surface area (Å²) in [6, 6.07) is 4.51. The van der Waals surface area contributed by atoms with Crippen molar-refractivity contribution in [2.45, 2.75) is 51.8 Å². The maximum Gasteiger partial charge on any atom is 0.0618 e. The van der Waals surface area contributed by atoms with Gasteiger partial charge in [0, 0.05) is 0 Å². The molecule has 0 spiro atoms. The number of halogens is 1. The van der Waals surface area contributed by atoms with Gasteiger partial charge in [0.15, 0.2) is 0 Å². The van der Waals surface area contributed by atoms with E-state index in [0.717, 1.165) is 0 Å². The zero-order valence-corrected chi connectivity index (χ0v) is 11.3. The molecule has 0 aliphatic heterocycles. The van der Waals surface area contributed by atoms with Crippen LogP contribution in [0.5, 0.6) is 0 Å². The highest BCUT2D eigenvalue weighted by Crippen LogP contribution is 2.42. The van der Waals surface area contributed by atoms with E-state index >= 15 is 0 Å². The molecule has 0 amide bonds. The molecule has 0 nitrogen and oxygen atoms in total. The smallest absolute Gasteiger partial charge is 0.0618 e. The number of hydrogen-bond acceptors (Lipinski definition) is 0. The second-order valence-electron chi connectivity index (χ2n) is 5.26. The monoisotopic (exact) mass is 236 g/mol. The van der Waals surface area contributed by atoms with Gasteiger partial charge in [-0.05, 0) is 56.2 Å². The molecule has 88 valence electrons. The third-order valence-corrected chi connectivity index (χ3v) is 4.40. The molecule has 16 heavy (non-hydrogen) atoms. The van der Waals surface area contributed by atoms with E-state index in [1.165, 1.54) is 47.9 Å². The van der Waals surface area contributed by atoms with Crippen molar-refractivity contribution in [3.05, 3.63) is 34.4 Å². The molecule has 2 rings (SSSR count). The summed E-state index contributed by atoms with van der Waals surface area (Å²) in [4.78, 5) is 0. The van der Waals surface area contributed by atoms with Crippen LogP contribution in [0.4, 0.5) is 0 Å². The van der Waals surface area contributed by atoms with Gasteiger partial charge in [-0.15, -0.1) is 11.6 Å². The Kier molecular flexibility index (Phi) is 3.59. The number of aryl methyl sites for hydroxylation is 3. The number of benzene rings is 1. The van der Waals surface area contributed by atoms with Gasteiger partial charge in [-0.25, -0.2) is 0 Å². The van der Waals surface area contributed by atoms with Crippen molar-refractivity contribution in [1.29, 1.82) is 0 Å². The van der Waals surface area contributed by atoms with Gasteiger partial charge in [-0.3, -0.25) is 0 Å². The van der Waals surface area contributed by atoms with Crippen molar-refractivity contribution in [2.24, 2.45) is 5.92 Å². The molecule has 0 aromatic heterocycles. The Labute approximate surface area is 104 Å². The Morgan fingerprint density at radius 1 is 1.06 bits per heavy atom. The molecule has 1 heteroatoms. The van der Waals surface area contributed by atoms with E-state index in [4.69, 9.17) is 11.6 Å². The molecule has 0 N–H and O–H groups in total. The molecule has 1 atom stereocenters. The third kappa shape index (κ3) is 2.27. The Hall–Kier alpha value is -0.490. The highest BCUT2D eigenvalue weighted by atomic mass is 35.5. The molecule has 1 fully saturated rings. The first-order chi connectivity index (χ1) is 7.59. The third-order valence-electron chi connectivity index (χ3n) is 3.83. The summed E-state index contributed by atoms with van der Waals surface area (Å²) >= 11 is 6.68. The van der Waals surface area contributed by atoms with Gasteiger partial charge in [0.05, 0.1) is 5.38 Å². The zero-order chi connectivity index (χ0) is 11.7. The number of rotatable bonds is 2. The Balaban J connectivity index is 2.31. The van der Waals surface area contributed by atoms with Crippen LogP contribution in [0.2, 0.25) is 0 Å². The minimum atomic E-state index is 0.225. The van der Waals surface area contributed by atoms with Gasteiger partial charge in [0.25, 0.3) is 0 Å². The number of hydrogen-bond donors (Lipinski definition) is 0. The fraction of sp³-hybridized carbons (Fsp3) is 0.600. The molecule has 0 bridgehead atoms. The molecule has 1 saturated carbocycles. The van der Waals surface area contributed by atoms with Gasteiger partial charge in [0.1, 0.15) is 0 Å². The lowest BCUT2D eigenvalue weighted by atomic mass is 9.90. The van der Waals surface area contributed by atoms with Crippen LogP contribution in [0, 0.1) is 26.7 Å². The van der Waals surface area contributed by atoms with Crippen molar-refractivity contribution in [2.75, 3.05) is 0 Å². The van der Waals surface area contributed by atoms with E-state index < -0.39 is 0 Å². The highest BCUT2D eigenvalue weighted by Gasteiger charge is 2.26. The van der Waals surface area contributed by atoms with Crippen LogP contribution in [0.15, 0.2) is 12.1 Å². The van der Waals surface area contributed by atoms with Crippen LogP contribution in [0.25, 0.3) is 0 Å². The number of alkyl halides is 1. The maximum absolute atomic E-state index is 6.68. The molecular formula is C15H21Cl. The summed E-state index contributed by atoms with van der Waals surface area (Å²) in [5.74, 6) is 0.696. The average molecular weight is 237 g/mol. The molecule has 1 unspecified atom stereocenters. The fourth-order valence-electron chi connectivity index (χ4n) is 3.11. The van der Waals surface area contributed by atoms with Crippen molar-refractivity contribution in [3.63, 3.8) is 0 Å². The summed E-state index contributed by atoms with van der Waals surface area (Å²) in [6.07, 6.45) is 5.33. The van der Waals surface area contributed by atoms with Crippen molar-refractivity contribution >= 4 is 11.6 Å². The lowest BCUT2D eigenvalue weighted by Gasteiger charge is -2.21. The summed E-state index contributed by atoms with van der Waals surface area (Å²) in [6.45, 7) is 6.54. The summed E-state index contributed by atoms with van der Waals surface area (Å²) < 4.78 is 0. The van der Waals surface area contributed by atoms with Gasteiger partial charge >= 0.3 is 0 Å². The first kappa shape index (κ1) is 12.0. The van der Waals surface area contributed by atoms with Crippen LogP contribution in [-0.4, -0.2) is 0 Å². The van der Waals surface area contributed by atoms with Gasteiger partial charge in [-0.1, -0.05) is 30.5 Å². The highest BCUT2D eigenvalue weighted by molar-refractivity contribution is 6.21. The molecule has 1 aliphatic rings. The summed E-state index contributed by atoms with van der Waals surface area (Å²) in [5, 5.41) is 0.225. The van der Waals surface area contributed by atoms with E-state index in [9.17, 15) is 0 Å². The summed E-state index contributed by atoms with van der Waals surface area (Å²) in [7, 11) is 0. The SMILES string of the molecule is Cc1cc(C)c(C(Cl)C2CCCC2)c(C)c1. The van der Waals surface area contributed by atoms with Crippen LogP contribution in [0.1, 0.15) is 53.3 Å². The quantitative estimate of drug-likeness (QED) is 0.628. The maximum atomic E-state index is 6.68. The van der Waals surface area contributed by atoms with Crippen molar-refractivity contribution in [1.82, 2.24) is 0 Å². The largest absolute Gasteiger partial charge is 0.118 e. The van der Waals surface area contributed by atoms with Crippen LogP contribution in [0.3, 0.4) is 0 Å². The van der Waals surface area contributed by atoms with Gasteiger partial charge in [-0.2, -0.15) is 0 Å². The molecule has 0 saturated heterocycles. The van der Waals surface area contributed by atoms with Crippen molar-refractivity contribution in [3.8, 4) is 0 Å². The van der Waals surface area contributed by atoms with Crippen LogP contribution in [-0.2, 0) is 0 Å². The molecular weight excluding hydrogens is 216 g/mol. The van der Waals surface area contributed by atoms with Gasteiger partial charge < -0.3 is 0 Å². The predicted octanol–water partition coefficient (Wildman–Crippen LogP) is 5.08. The van der Waals surface area contributed by atoms with Crippen molar-refractivity contribution < 1.29 is 0 Å².